The van der Waals surface area contributed by atoms with Gasteiger partial charge >= 0.3 is 5.69 Å². The third-order valence-electron chi connectivity index (χ3n) is 6.61. The molecule has 42 heavy (non-hydrogen) atoms. The number of fused-ring (bicyclic) bond motifs is 4. The number of phosphoric ester groups is 2. The lowest BCUT2D eigenvalue weighted by Crippen LogP contribution is -2.38. The lowest BCUT2D eigenvalue weighted by molar-refractivity contribution is -0.240. The first-order valence-electron chi connectivity index (χ1n) is 11.9. The zero-order chi connectivity index (χ0) is 30.0. The number of nitrogens with zero attached hydrogens (tertiary/aromatic N) is 5. The number of hydrogen-bond donors (Lipinski definition) is 2. The molecule has 3 aromatic heterocycles. The molecule has 0 radical (unpaired) electrons. The van der Waals surface area contributed by atoms with Gasteiger partial charge in [-0.3, -0.25) is 28.0 Å². The van der Waals surface area contributed by atoms with E-state index >= 15 is 8.78 Å². The number of aromatic nitrogens is 6. The summed E-state index contributed by atoms with van der Waals surface area (Å²) in [7, 11) is -11.0. The lowest BCUT2D eigenvalue weighted by Gasteiger charge is -2.31. The molecule has 0 aromatic carbocycles. The fraction of sp³-hybridized carbons (Fsp3) is 0.526. The minimum absolute atomic E-state index is 0.00973. The molecule has 3 saturated heterocycles. The standard InChI is InChI=1S/C19H21F2N7O12P2/c20-10-7-3-35-41(31,32)39-13-8(38-17(11(13)21)28-6-25-12-15(22)23-5-24-16(12)28)4-36-42(33,34)40-14(10)18(37-7)27-2-1-9(29)26-19(27)30/h1-2,5-8,10-11,13-14,17-18H,3-4H2,(H,31,32)(H,33,34)(H2,22,23,24)(H,26,29,30)/p-2/t7-,8-,10-,11-,13-,14-,17-,18-/m1/s1. The van der Waals surface area contributed by atoms with E-state index in [0.717, 1.165) is 29.5 Å². The molecule has 0 aliphatic carbocycles. The summed E-state index contributed by atoms with van der Waals surface area (Å²) < 4.78 is 88.5. The Morgan fingerprint density at radius 1 is 0.929 bits per heavy atom. The van der Waals surface area contributed by atoms with Gasteiger partial charge in [-0.05, 0) is 0 Å². The van der Waals surface area contributed by atoms with E-state index in [1.54, 1.807) is 0 Å². The number of alkyl halides is 2. The van der Waals surface area contributed by atoms with Crippen molar-refractivity contribution in [1.29, 1.82) is 0 Å². The Hall–Kier alpha value is -2.97. The number of nitrogens with one attached hydrogen (secondary N) is 1. The van der Waals surface area contributed by atoms with Crippen molar-refractivity contribution in [3.8, 4) is 0 Å². The summed E-state index contributed by atoms with van der Waals surface area (Å²) in [4.78, 5) is 62.8. The first kappa shape index (κ1) is 29.1. The second-order valence-corrected chi connectivity index (χ2v) is 12.0. The van der Waals surface area contributed by atoms with Crippen molar-refractivity contribution in [3.05, 3.63) is 45.8 Å². The van der Waals surface area contributed by atoms with Crippen LogP contribution in [-0.4, -0.2) is 79.0 Å². The molecular formula is C19H19F2N7O12P2-2. The van der Waals surface area contributed by atoms with Gasteiger partial charge in [-0.1, -0.05) is 0 Å². The van der Waals surface area contributed by atoms with Crippen molar-refractivity contribution in [1.82, 2.24) is 29.1 Å². The number of nitrogen functional groups attached to an aromatic ring is 1. The third-order valence-corrected chi connectivity index (χ3v) is 8.55. The fourth-order valence-electron chi connectivity index (χ4n) is 4.72. The van der Waals surface area contributed by atoms with Gasteiger partial charge in [0, 0.05) is 12.3 Å². The molecule has 6 rings (SSSR count). The molecule has 19 nitrogen and oxygen atoms in total. The number of hydrogen-bond acceptors (Lipinski definition) is 16. The fourth-order valence-corrected chi connectivity index (χ4v) is 6.57. The zero-order valence-electron chi connectivity index (χ0n) is 20.7. The normalized spacial score (nSPS) is 39.3. The maximum absolute atomic E-state index is 15.7. The average Bonchev–Trinajstić information content (AvgIpc) is 3.57. The number of phosphoric acid groups is 2. The predicted octanol–water partition coefficient (Wildman–Crippen LogP) is -1.82. The summed E-state index contributed by atoms with van der Waals surface area (Å²) in [6.45, 7) is -2.16. The molecule has 0 saturated carbocycles. The summed E-state index contributed by atoms with van der Waals surface area (Å²) >= 11 is 0. The number of H-pyrrole nitrogens is 1. The highest BCUT2D eigenvalue weighted by Crippen LogP contribution is 2.51. The highest BCUT2D eigenvalue weighted by atomic mass is 31.2. The molecule has 3 aliphatic rings. The maximum atomic E-state index is 15.7. The number of halogens is 2. The van der Waals surface area contributed by atoms with Gasteiger partial charge in [0.1, 0.15) is 36.3 Å². The molecule has 3 aliphatic heterocycles. The van der Waals surface area contributed by atoms with Crippen molar-refractivity contribution in [2.45, 2.75) is 49.2 Å². The number of ether oxygens (including phenoxy) is 2. The summed E-state index contributed by atoms with van der Waals surface area (Å²) in [5, 5.41) is 0. The molecule has 10 atom stereocenters. The first-order valence-corrected chi connectivity index (χ1v) is 14.9. The second kappa shape index (κ2) is 10.6. The first-order chi connectivity index (χ1) is 19.8. The highest BCUT2D eigenvalue weighted by molar-refractivity contribution is 7.46. The maximum Gasteiger partial charge on any atom is 0.330 e. The van der Waals surface area contributed by atoms with Crippen LogP contribution in [0.1, 0.15) is 12.5 Å². The molecular weight excluding hydrogens is 618 g/mol. The Kier molecular flexibility index (Phi) is 7.37. The number of imidazole rings is 1. The Bertz CT molecular complexity index is 1720. The molecule has 3 N–H and O–H groups in total. The van der Waals surface area contributed by atoms with Crippen LogP contribution in [0.15, 0.2) is 34.5 Å². The van der Waals surface area contributed by atoms with E-state index < -0.39 is 89.3 Å². The van der Waals surface area contributed by atoms with E-state index in [1.165, 1.54) is 0 Å². The topological polar surface area (TPSA) is 260 Å². The van der Waals surface area contributed by atoms with Crippen LogP contribution in [0.2, 0.25) is 0 Å². The number of aromatic amines is 1. The third kappa shape index (κ3) is 5.32. The number of rotatable bonds is 2. The monoisotopic (exact) mass is 637 g/mol. The Morgan fingerprint density at radius 2 is 1.60 bits per heavy atom. The van der Waals surface area contributed by atoms with Crippen LogP contribution in [0.25, 0.3) is 11.2 Å². The molecule has 228 valence electrons. The van der Waals surface area contributed by atoms with Crippen LogP contribution in [0.3, 0.4) is 0 Å². The highest BCUT2D eigenvalue weighted by Gasteiger charge is 2.52. The van der Waals surface area contributed by atoms with Gasteiger partial charge in [0.05, 0.1) is 19.5 Å². The van der Waals surface area contributed by atoms with Crippen LogP contribution < -0.4 is 26.8 Å². The van der Waals surface area contributed by atoms with E-state index in [0.29, 0.717) is 4.57 Å². The second-order valence-electron chi connectivity index (χ2n) is 9.25. The lowest BCUT2D eigenvalue weighted by atomic mass is 10.1. The van der Waals surface area contributed by atoms with E-state index in [1.807, 2.05) is 4.98 Å². The van der Waals surface area contributed by atoms with E-state index in [9.17, 15) is 28.5 Å². The SMILES string of the molecule is Nc1ncnc2c1ncn2[C@@H]1O[C@@H]2COP(=O)([O-])O[C@@H]3[C@H](F)[C@@H](COP(=O)([O-])O[C@H]2[C@H]1F)O[C@H]3n1ccc(=O)[nH]c1=O. The largest absolute Gasteiger partial charge is 0.756 e. The molecule has 6 heterocycles. The van der Waals surface area contributed by atoms with Crippen molar-refractivity contribution < 1.29 is 55.3 Å². The van der Waals surface area contributed by atoms with Gasteiger partial charge in [-0.25, -0.2) is 28.5 Å². The van der Waals surface area contributed by atoms with E-state index in [-0.39, 0.29) is 17.0 Å². The van der Waals surface area contributed by atoms with Crippen LogP contribution in [-0.2, 0) is 36.7 Å². The van der Waals surface area contributed by atoms with Gasteiger partial charge in [0.2, 0.25) is 0 Å². The van der Waals surface area contributed by atoms with Crippen molar-refractivity contribution >= 4 is 32.6 Å². The van der Waals surface area contributed by atoms with Gasteiger partial charge in [0.15, 0.2) is 36.3 Å². The Balaban J connectivity index is 1.31. The van der Waals surface area contributed by atoms with Crippen LogP contribution in [0, 0.1) is 0 Å². The summed E-state index contributed by atoms with van der Waals surface area (Å²) in [6.07, 6.45) is -12.8. The molecule has 0 amide bonds. The summed E-state index contributed by atoms with van der Waals surface area (Å²) in [5.41, 5.74) is 3.91. The zero-order valence-corrected chi connectivity index (χ0v) is 22.5. The quantitative estimate of drug-likeness (QED) is 0.293. The van der Waals surface area contributed by atoms with Crippen molar-refractivity contribution in [3.63, 3.8) is 0 Å². The Labute approximate surface area is 231 Å². The molecule has 0 spiro atoms. The molecule has 3 aromatic rings. The van der Waals surface area contributed by atoms with E-state index in [4.69, 9.17) is 33.3 Å². The van der Waals surface area contributed by atoms with E-state index in [2.05, 4.69) is 15.0 Å². The Morgan fingerprint density at radius 3 is 2.31 bits per heavy atom. The van der Waals surface area contributed by atoms with Crippen LogP contribution >= 0.6 is 15.6 Å². The van der Waals surface area contributed by atoms with Crippen molar-refractivity contribution in [2.75, 3.05) is 18.9 Å². The van der Waals surface area contributed by atoms with Gasteiger partial charge < -0.3 is 43.1 Å². The summed E-state index contributed by atoms with van der Waals surface area (Å²) in [5.74, 6) is -0.0401. The minimum atomic E-state index is -5.50. The predicted molar refractivity (Wildman–Crippen MR) is 126 cm³/mol. The molecule has 2 unspecified atom stereocenters. The number of nitrogens with two attached hydrogens (primary N) is 1. The minimum Gasteiger partial charge on any atom is -0.756 e. The molecule has 3 fully saturated rings. The van der Waals surface area contributed by atoms with Crippen LogP contribution in [0.4, 0.5) is 14.6 Å². The van der Waals surface area contributed by atoms with Crippen molar-refractivity contribution in [2.24, 2.45) is 0 Å². The molecule has 23 heteroatoms. The number of anilines is 1. The van der Waals surface area contributed by atoms with Gasteiger partial charge in [0.25, 0.3) is 21.2 Å². The van der Waals surface area contributed by atoms with Gasteiger partial charge in [-0.2, -0.15) is 0 Å². The van der Waals surface area contributed by atoms with Crippen LogP contribution in [0.5, 0.6) is 0 Å². The molecule has 2 bridgehead atoms. The van der Waals surface area contributed by atoms with Gasteiger partial charge in [-0.15, -0.1) is 0 Å². The summed E-state index contributed by atoms with van der Waals surface area (Å²) in [6, 6.07) is 0.870. The smallest absolute Gasteiger partial charge is 0.330 e. The average molecular weight is 637 g/mol.